The van der Waals surface area contributed by atoms with Crippen LogP contribution in [0.25, 0.3) is 0 Å². The molecule has 0 saturated heterocycles. The zero-order valence-corrected chi connectivity index (χ0v) is 53.8. The molecule has 13 heteroatoms. The minimum atomic E-state index is 0. The van der Waals surface area contributed by atoms with Crippen LogP contribution < -0.4 is 21.4 Å². The summed E-state index contributed by atoms with van der Waals surface area (Å²) in [6.45, 7) is 17.9. The number of benzene rings is 8. The molecule has 8 aromatic carbocycles. The normalized spacial score (nSPS) is 16.8. The molecular weight excluding hydrogens is 1430 g/mol. The van der Waals surface area contributed by atoms with Crippen molar-refractivity contribution in [2.75, 3.05) is 0 Å². The highest BCUT2D eigenvalue weighted by Crippen LogP contribution is 2.47. The summed E-state index contributed by atoms with van der Waals surface area (Å²) in [7, 11) is 0.437. The first kappa shape index (κ1) is 56.4. The van der Waals surface area contributed by atoms with Crippen LogP contribution in [0.3, 0.4) is 0 Å². The van der Waals surface area contributed by atoms with Gasteiger partial charge in [-0.1, -0.05) is 183 Å². The van der Waals surface area contributed by atoms with E-state index >= 15 is 0 Å². The maximum Gasteiger partial charge on any atom is 0.0810 e. The Bertz CT molecular complexity index is 3460. The third-order valence-electron chi connectivity index (χ3n) is 12.5. The lowest BCUT2D eigenvalue weighted by atomic mass is 10.0. The molecule has 4 aliphatic heterocycles. The first-order chi connectivity index (χ1) is 34.7. The van der Waals surface area contributed by atoms with Crippen molar-refractivity contribution in [1.82, 2.24) is 0 Å². The van der Waals surface area contributed by atoms with Gasteiger partial charge in [-0.05, 0) is 204 Å². The largest absolute Gasteiger partial charge is 0.412 e. The second kappa shape index (κ2) is 25.1. The lowest BCUT2D eigenvalue weighted by Crippen LogP contribution is -2.14. The highest BCUT2D eigenvalue weighted by Gasteiger charge is 2.17. The third-order valence-corrected chi connectivity index (χ3v) is 29.7. The van der Waals surface area contributed by atoms with Gasteiger partial charge in [-0.25, -0.2) is 20.0 Å². The summed E-state index contributed by atoms with van der Waals surface area (Å²) in [5.41, 5.74) is 9.97. The van der Waals surface area contributed by atoms with E-state index in [0.29, 0.717) is 23.7 Å². The van der Waals surface area contributed by atoms with Crippen LogP contribution in [0.15, 0.2) is 209 Å². The average molecular weight is 1490 g/mol. The highest BCUT2D eigenvalue weighted by molar-refractivity contribution is 14.2. The fourth-order valence-corrected chi connectivity index (χ4v) is 22.6. The molecule has 4 heterocycles. The molecule has 73 heavy (non-hydrogen) atoms. The smallest absolute Gasteiger partial charge is 0.0810 e. The van der Waals surface area contributed by atoms with Gasteiger partial charge in [0.2, 0.25) is 0 Å². The van der Waals surface area contributed by atoms with E-state index in [1.807, 2.05) is 0 Å². The Hall–Kier alpha value is -2.76. The minimum Gasteiger partial charge on any atom is -0.412 e. The molecule has 376 valence electrons. The van der Waals surface area contributed by atoms with E-state index < -0.39 is 0 Å². The van der Waals surface area contributed by atoms with Crippen LogP contribution in [0.1, 0.15) is 101 Å². The number of nitrogens with zero attached hydrogens (tertiary/aromatic N) is 4. The van der Waals surface area contributed by atoms with E-state index in [9.17, 15) is 0 Å². The summed E-state index contributed by atoms with van der Waals surface area (Å²) in [5, 5.41) is 4.79. The fourth-order valence-electron chi connectivity index (χ4n) is 8.84. The summed E-state index contributed by atoms with van der Waals surface area (Å²) in [4.78, 5) is 24.9. The number of rotatable bonds is 4. The molecule has 5 nitrogen and oxygen atoms in total. The molecule has 0 saturated carbocycles. The van der Waals surface area contributed by atoms with Crippen LogP contribution in [0.2, 0.25) is 0 Å². The zero-order chi connectivity index (χ0) is 50.8. The van der Waals surface area contributed by atoms with Crippen molar-refractivity contribution in [3.63, 3.8) is 0 Å². The van der Waals surface area contributed by atoms with Crippen molar-refractivity contribution in [2.24, 2.45) is 20.0 Å². The van der Waals surface area contributed by atoms with Crippen molar-refractivity contribution in [3.8, 4) is 0 Å². The number of hydrogen-bond donors (Lipinski definition) is 0. The Morgan fingerprint density at radius 1 is 0.274 bits per heavy atom. The molecule has 4 atom stereocenters. The SMILES string of the molecule is CC(C)c1cccc2c1=Nc1ccccc1S=2I.CC(C)c1cccc2c1=Nc1ccccc1S=2I.CC(C)c1cccc2c1=Nc1ccccc1S=2I.CC(C)c1cccc2c1=Nc1ccccc1S=2I.O. The molecule has 0 radical (unpaired) electrons. The van der Waals surface area contributed by atoms with Crippen molar-refractivity contribution in [3.05, 3.63) is 232 Å². The monoisotopic (exact) mass is 1490 g/mol. The van der Waals surface area contributed by atoms with Crippen LogP contribution >= 0.6 is 115 Å². The Kier molecular flexibility index (Phi) is 19.4. The Labute approximate surface area is 487 Å². The van der Waals surface area contributed by atoms with Crippen molar-refractivity contribution in [2.45, 2.75) is 98.6 Å². The summed E-state index contributed by atoms with van der Waals surface area (Å²) < 4.78 is 5.50. The Balaban J connectivity index is 0.000000129. The second-order valence-corrected chi connectivity index (χ2v) is 34.9. The number of halogens is 4. The van der Waals surface area contributed by atoms with Gasteiger partial charge >= 0.3 is 0 Å². The van der Waals surface area contributed by atoms with Crippen molar-refractivity contribution in [1.29, 1.82) is 0 Å². The number of fused-ring (bicyclic) bond motifs is 8. The topological polar surface area (TPSA) is 80.9 Å². The summed E-state index contributed by atoms with van der Waals surface area (Å²) in [5.74, 6) is 2.06. The predicted molar refractivity (Wildman–Crippen MR) is 350 cm³/mol. The maximum atomic E-state index is 4.88. The Morgan fingerprint density at radius 2 is 0.466 bits per heavy atom. The van der Waals surface area contributed by atoms with Crippen LogP contribution in [-0.4, -0.2) is 5.48 Å². The molecule has 0 bridgehead atoms. The van der Waals surface area contributed by atoms with Gasteiger partial charge in [0.15, 0.2) is 0 Å². The first-order valence-corrected chi connectivity index (χ1v) is 39.2. The molecule has 12 rings (SSSR count). The van der Waals surface area contributed by atoms with Gasteiger partial charge in [0.1, 0.15) is 0 Å². The molecule has 0 amide bonds. The molecule has 4 unspecified atom stereocenters. The quantitative estimate of drug-likeness (QED) is 0.124. The highest BCUT2D eigenvalue weighted by atomic mass is 127. The van der Waals surface area contributed by atoms with Gasteiger partial charge in [0, 0.05) is 37.6 Å². The van der Waals surface area contributed by atoms with Crippen molar-refractivity contribution < 1.29 is 5.48 Å². The Morgan fingerprint density at radius 3 is 0.658 bits per heavy atom. The second-order valence-electron chi connectivity index (χ2n) is 18.7. The van der Waals surface area contributed by atoms with Gasteiger partial charge in [-0.15, -0.1) is 0 Å². The lowest BCUT2D eigenvalue weighted by molar-refractivity contribution is 0.824. The lowest BCUT2D eigenvalue weighted by Gasteiger charge is -2.14. The van der Waals surface area contributed by atoms with E-state index in [-0.39, 0.29) is 36.1 Å². The standard InChI is InChI=1S/4C15H14INS.H2O/c4*1-10(2)11-6-5-9-14-15(11)17-12-7-3-4-8-13(12)18(14)16;/h4*3-10H,1-2H3;1H2. The first-order valence-electron chi connectivity index (χ1n) is 24.1. The van der Waals surface area contributed by atoms with Crippen LogP contribution in [0.4, 0.5) is 22.7 Å². The van der Waals surface area contributed by atoms with Crippen molar-refractivity contribution >= 4 is 138 Å². The predicted octanol–water partition coefficient (Wildman–Crippen LogP) is 19.2. The molecule has 0 spiro atoms. The van der Waals surface area contributed by atoms with E-state index in [1.54, 1.807) is 0 Å². The van der Waals surface area contributed by atoms with Gasteiger partial charge in [-0.3, -0.25) is 0 Å². The van der Waals surface area contributed by atoms with E-state index in [1.165, 1.54) is 81.3 Å². The third kappa shape index (κ3) is 12.0. The van der Waals surface area contributed by atoms with Crippen LogP contribution in [0.5, 0.6) is 0 Å². The van der Waals surface area contributed by atoms with E-state index in [0.717, 1.165) is 22.7 Å². The van der Waals surface area contributed by atoms with Gasteiger partial charge in [0.25, 0.3) is 0 Å². The van der Waals surface area contributed by atoms with Gasteiger partial charge in [0.05, 0.1) is 44.2 Å². The van der Waals surface area contributed by atoms with Crippen LogP contribution in [-0.2, 0) is 0 Å². The van der Waals surface area contributed by atoms with E-state index in [4.69, 9.17) is 20.0 Å². The summed E-state index contributed by atoms with van der Waals surface area (Å²) in [6.07, 6.45) is 0. The molecule has 2 N–H and O–H groups in total. The molecule has 0 fully saturated rings. The molecule has 8 aromatic rings. The summed E-state index contributed by atoms with van der Waals surface area (Å²) in [6, 6.07) is 60.3. The van der Waals surface area contributed by atoms with Gasteiger partial charge < -0.3 is 5.48 Å². The number of hydrogen-bond acceptors (Lipinski definition) is 4. The average Bonchev–Trinajstić information content (AvgIpc) is 3.39. The minimum absolute atomic E-state index is 0. The van der Waals surface area contributed by atoms with E-state index in [2.05, 4.69) is 310 Å². The molecule has 4 aliphatic rings. The molecule has 0 aliphatic carbocycles. The summed E-state index contributed by atoms with van der Waals surface area (Å²) >= 11 is 10.2. The van der Waals surface area contributed by atoms with Crippen LogP contribution in [0, 0.1) is 18.0 Å². The molecular formula is C60H58I4N4OS4. The van der Waals surface area contributed by atoms with Gasteiger partial charge in [-0.2, -0.15) is 0 Å². The fraction of sp³-hybridized carbons (Fsp3) is 0.200. The maximum absolute atomic E-state index is 4.88. The zero-order valence-electron chi connectivity index (χ0n) is 41.9. The number of para-hydroxylation sites is 8. The molecule has 0 aromatic heterocycles.